The van der Waals surface area contributed by atoms with E-state index in [1.165, 1.54) is 0 Å². The zero-order valence-corrected chi connectivity index (χ0v) is 13.4. The maximum atomic E-state index is 6.19. The molecule has 2 rings (SSSR count). The predicted molar refractivity (Wildman–Crippen MR) is 84.1 cm³/mol. The van der Waals surface area contributed by atoms with Crippen molar-refractivity contribution in [2.24, 2.45) is 0 Å². The summed E-state index contributed by atoms with van der Waals surface area (Å²) in [6, 6.07) is 7.09. The molecule has 2 aromatic rings. The third kappa shape index (κ3) is 3.57. The van der Waals surface area contributed by atoms with E-state index in [4.69, 9.17) is 39.5 Å². The van der Waals surface area contributed by atoms with Crippen molar-refractivity contribution in [1.82, 2.24) is 4.98 Å². The van der Waals surface area contributed by atoms with Crippen LogP contribution in [0.25, 0.3) is 0 Å². The van der Waals surface area contributed by atoms with Crippen LogP contribution in [0.4, 0.5) is 0 Å². The average molecular weight is 331 g/mol. The Morgan fingerprint density at radius 1 is 1.20 bits per heavy atom. The van der Waals surface area contributed by atoms with Crippen LogP contribution in [0, 0.1) is 0 Å². The molecule has 106 valence electrons. The molecule has 0 unspecified atom stereocenters. The van der Waals surface area contributed by atoms with E-state index in [9.17, 15) is 0 Å². The Kier molecular flexibility index (Phi) is 5.14. The number of pyridine rings is 1. The van der Waals surface area contributed by atoms with E-state index in [2.05, 4.69) is 4.98 Å². The van der Waals surface area contributed by atoms with Gasteiger partial charge >= 0.3 is 0 Å². The quantitative estimate of drug-likeness (QED) is 0.666. The zero-order chi connectivity index (χ0) is 14.7. The van der Waals surface area contributed by atoms with E-state index in [0.29, 0.717) is 15.2 Å². The van der Waals surface area contributed by atoms with E-state index < -0.39 is 0 Å². The van der Waals surface area contributed by atoms with Gasteiger partial charge in [0.05, 0.1) is 0 Å². The molecule has 0 fully saturated rings. The highest BCUT2D eigenvalue weighted by molar-refractivity contribution is 6.35. The molecule has 0 bridgehead atoms. The summed E-state index contributed by atoms with van der Waals surface area (Å²) in [6.07, 6.45) is 2.34. The Hall–Kier alpha value is -0.960. The standard InChI is InChI=1S/C15H14Cl3NO/c1-3-10-8-19-15(18)7-14(10)20-9(2)12-5-4-11(16)6-13(12)17/h4-9H,3H2,1-2H3/t9-/m1/s1. The van der Waals surface area contributed by atoms with Crippen molar-refractivity contribution in [3.05, 3.63) is 56.8 Å². The first-order valence-corrected chi connectivity index (χ1v) is 7.40. The third-order valence-electron chi connectivity index (χ3n) is 3.00. The number of aryl methyl sites for hydroxylation is 1. The molecule has 1 atom stereocenters. The first-order chi connectivity index (χ1) is 9.51. The molecule has 20 heavy (non-hydrogen) atoms. The summed E-state index contributed by atoms with van der Waals surface area (Å²) >= 11 is 18.0. The van der Waals surface area contributed by atoms with Crippen LogP contribution in [-0.4, -0.2) is 4.98 Å². The first-order valence-electron chi connectivity index (χ1n) is 6.27. The van der Waals surface area contributed by atoms with Gasteiger partial charge in [-0.25, -0.2) is 4.98 Å². The van der Waals surface area contributed by atoms with Crippen LogP contribution >= 0.6 is 34.8 Å². The Morgan fingerprint density at radius 3 is 2.60 bits per heavy atom. The minimum Gasteiger partial charge on any atom is -0.486 e. The monoisotopic (exact) mass is 329 g/mol. The predicted octanol–water partition coefficient (Wildman–Crippen LogP) is 5.74. The maximum Gasteiger partial charge on any atom is 0.132 e. The molecule has 1 aromatic heterocycles. The van der Waals surface area contributed by atoms with E-state index in [1.54, 1.807) is 24.4 Å². The molecular weight excluding hydrogens is 317 g/mol. The van der Waals surface area contributed by atoms with Crippen molar-refractivity contribution in [3.8, 4) is 5.75 Å². The lowest BCUT2D eigenvalue weighted by atomic mass is 10.1. The molecular formula is C15H14Cl3NO. The number of rotatable bonds is 4. The molecule has 0 saturated heterocycles. The third-order valence-corrected chi connectivity index (χ3v) is 3.76. The summed E-state index contributed by atoms with van der Waals surface area (Å²) in [4.78, 5) is 4.06. The van der Waals surface area contributed by atoms with Crippen LogP contribution in [0.15, 0.2) is 30.5 Å². The summed E-state index contributed by atoms with van der Waals surface area (Å²) in [7, 11) is 0. The van der Waals surface area contributed by atoms with Crippen LogP contribution in [0.2, 0.25) is 15.2 Å². The lowest BCUT2D eigenvalue weighted by Crippen LogP contribution is -2.06. The highest BCUT2D eigenvalue weighted by Crippen LogP contribution is 2.31. The molecule has 0 amide bonds. The number of ether oxygens (including phenoxy) is 1. The SMILES string of the molecule is CCc1cnc(Cl)cc1O[C@H](C)c1ccc(Cl)cc1Cl. The van der Waals surface area contributed by atoms with Gasteiger partial charge in [-0.05, 0) is 25.5 Å². The van der Waals surface area contributed by atoms with Gasteiger partial charge in [-0.2, -0.15) is 0 Å². The first kappa shape index (κ1) is 15.4. The van der Waals surface area contributed by atoms with Crippen LogP contribution in [0.3, 0.4) is 0 Å². The van der Waals surface area contributed by atoms with E-state index >= 15 is 0 Å². The fourth-order valence-corrected chi connectivity index (χ4v) is 2.61. The molecule has 5 heteroatoms. The Balaban J connectivity index is 2.27. The zero-order valence-electron chi connectivity index (χ0n) is 11.2. The van der Waals surface area contributed by atoms with Gasteiger partial charge in [-0.15, -0.1) is 0 Å². The molecule has 1 heterocycles. The lowest BCUT2D eigenvalue weighted by Gasteiger charge is -2.18. The molecule has 0 radical (unpaired) electrons. The van der Waals surface area contributed by atoms with Crippen molar-refractivity contribution < 1.29 is 4.74 Å². The number of nitrogens with zero attached hydrogens (tertiary/aromatic N) is 1. The molecule has 0 aliphatic heterocycles. The van der Waals surface area contributed by atoms with Crippen molar-refractivity contribution in [2.75, 3.05) is 0 Å². The molecule has 0 spiro atoms. The van der Waals surface area contributed by atoms with Crippen molar-refractivity contribution in [1.29, 1.82) is 0 Å². The van der Waals surface area contributed by atoms with Gasteiger partial charge in [0.15, 0.2) is 0 Å². The van der Waals surface area contributed by atoms with Crippen molar-refractivity contribution in [3.63, 3.8) is 0 Å². The van der Waals surface area contributed by atoms with Gasteiger partial charge in [0.2, 0.25) is 0 Å². The van der Waals surface area contributed by atoms with Gasteiger partial charge in [0, 0.05) is 33.4 Å². The van der Waals surface area contributed by atoms with Crippen molar-refractivity contribution >= 4 is 34.8 Å². The van der Waals surface area contributed by atoms with Crippen LogP contribution < -0.4 is 4.74 Å². The van der Waals surface area contributed by atoms with Crippen LogP contribution in [-0.2, 0) is 6.42 Å². The minimum absolute atomic E-state index is 0.205. The summed E-state index contributed by atoms with van der Waals surface area (Å²) in [5, 5.41) is 1.60. The maximum absolute atomic E-state index is 6.19. The second-order valence-electron chi connectivity index (χ2n) is 4.39. The van der Waals surface area contributed by atoms with E-state index in [-0.39, 0.29) is 6.10 Å². The topological polar surface area (TPSA) is 22.1 Å². The summed E-state index contributed by atoms with van der Waals surface area (Å²) in [6.45, 7) is 3.97. The molecule has 1 aromatic carbocycles. The molecule has 0 N–H and O–H groups in total. The minimum atomic E-state index is -0.205. The summed E-state index contributed by atoms with van der Waals surface area (Å²) in [5.74, 6) is 0.728. The van der Waals surface area contributed by atoms with Gasteiger partial charge in [-0.3, -0.25) is 0 Å². The summed E-state index contributed by atoms with van der Waals surface area (Å²) in [5.41, 5.74) is 1.89. The van der Waals surface area contributed by atoms with Crippen LogP contribution in [0.5, 0.6) is 5.75 Å². The molecule has 0 aliphatic carbocycles. The fraction of sp³-hybridized carbons (Fsp3) is 0.267. The normalized spacial score (nSPS) is 12.2. The van der Waals surface area contributed by atoms with Gasteiger partial charge < -0.3 is 4.74 Å². The average Bonchev–Trinajstić information content (AvgIpc) is 2.38. The number of benzene rings is 1. The molecule has 0 saturated carbocycles. The Morgan fingerprint density at radius 2 is 1.95 bits per heavy atom. The number of hydrogen-bond donors (Lipinski definition) is 0. The second-order valence-corrected chi connectivity index (χ2v) is 5.63. The number of aromatic nitrogens is 1. The van der Waals surface area contributed by atoms with Gasteiger partial charge in [0.25, 0.3) is 0 Å². The van der Waals surface area contributed by atoms with Crippen molar-refractivity contribution in [2.45, 2.75) is 26.4 Å². The molecule has 0 aliphatic rings. The highest BCUT2D eigenvalue weighted by atomic mass is 35.5. The summed E-state index contributed by atoms with van der Waals surface area (Å²) < 4.78 is 5.97. The van der Waals surface area contributed by atoms with Gasteiger partial charge in [-0.1, -0.05) is 47.8 Å². The van der Waals surface area contributed by atoms with Crippen LogP contribution in [0.1, 0.15) is 31.1 Å². The van der Waals surface area contributed by atoms with E-state index in [1.807, 2.05) is 19.9 Å². The number of hydrogen-bond acceptors (Lipinski definition) is 2. The Labute approximate surface area is 133 Å². The Bertz CT molecular complexity index is 616. The second kappa shape index (κ2) is 6.66. The largest absolute Gasteiger partial charge is 0.486 e. The molecule has 2 nitrogen and oxygen atoms in total. The highest BCUT2D eigenvalue weighted by Gasteiger charge is 2.14. The fourth-order valence-electron chi connectivity index (χ4n) is 1.90. The number of halogens is 3. The van der Waals surface area contributed by atoms with Gasteiger partial charge in [0.1, 0.15) is 17.0 Å². The smallest absolute Gasteiger partial charge is 0.132 e. The van der Waals surface area contributed by atoms with E-state index in [0.717, 1.165) is 23.3 Å². The lowest BCUT2D eigenvalue weighted by molar-refractivity contribution is 0.224.